The number of benzene rings is 10. The summed E-state index contributed by atoms with van der Waals surface area (Å²) in [6, 6.07) is 74.5. The fourth-order valence-corrected chi connectivity index (χ4v) is 12.4. The van der Waals surface area contributed by atoms with E-state index in [4.69, 9.17) is 9.47 Å². The molecule has 352 valence electrons. The smallest absolute Gasteiger partial charge is 0.149 e. The lowest BCUT2D eigenvalue weighted by Gasteiger charge is -2.34. The Bertz CT molecular complexity index is 3650. The molecule has 10 aromatic carbocycles. The van der Waals surface area contributed by atoms with Gasteiger partial charge in [0.25, 0.3) is 0 Å². The number of aliphatic hydroxyl groups excluding tert-OH is 2. The predicted octanol–water partition coefficient (Wildman–Crippen LogP) is 14.7. The predicted molar refractivity (Wildman–Crippen MR) is 296 cm³/mol. The molecule has 2 aliphatic carbocycles. The molecule has 73 heavy (non-hydrogen) atoms. The van der Waals surface area contributed by atoms with E-state index in [9.17, 15) is 10.2 Å². The zero-order valence-electron chi connectivity index (χ0n) is 40.6. The number of hydrogen-bond acceptors (Lipinski definition) is 5. The van der Waals surface area contributed by atoms with Gasteiger partial charge in [0.2, 0.25) is 0 Å². The fourth-order valence-electron chi connectivity index (χ4n) is 11.6. The van der Waals surface area contributed by atoms with Crippen molar-refractivity contribution >= 4 is 33.3 Å². The van der Waals surface area contributed by atoms with Crippen LogP contribution in [0.25, 0.3) is 43.8 Å². The summed E-state index contributed by atoms with van der Waals surface area (Å²) in [5, 5.41) is 25.4. The summed E-state index contributed by atoms with van der Waals surface area (Å²) in [5.41, 5.74) is 14.5. The van der Waals surface area contributed by atoms with E-state index in [-0.39, 0.29) is 13.2 Å². The molecule has 2 aliphatic rings. The standard InChI is InChI=1S/C68H50O4S/c1-3-5-35-71-55-27-19-47-39-53(21-17-49(47)41-55)67(63-13-9-7-11-59(63)61-33-15-45(43-69)37-65(61)67)51-23-29-57(30-24-51)73-58-31-25-52(26-32-58)68(54-22-18-50-42-56(72-36-6-4-2)28-20-48(50)40-54)64-14-10-8-12-60(64)62-34-16-46(44-70)38-66(62)68/h7-34,37-42,69-70H,35-36,43-44H2,1-2H3. The topological polar surface area (TPSA) is 58.9 Å². The molecule has 5 heteroatoms. The first kappa shape index (κ1) is 45.8. The van der Waals surface area contributed by atoms with Gasteiger partial charge in [-0.15, -0.1) is 11.8 Å². The average molecular weight is 963 g/mol. The Morgan fingerprint density at radius 2 is 0.767 bits per heavy atom. The molecule has 0 spiro atoms. The molecule has 0 bridgehead atoms. The second kappa shape index (κ2) is 19.0. The van der Waals surface area contributed by atoms with E-state index in [0.29, 0.717) is 13.2 Å². The van der Waals surface area contributed by atoms with E-state index < -0.39 is 10.8 Å². The van der Waals surface area contributed by atoms with Crippen LogP contribution in [0.5, 0.6) is 11.5 Å². The highest BCUT2D eigenvalue weighted by molar-refractivity contribution is 7.99. The molecule has 0 saturated heterocycles. The van der Waals surface area contributed by atoms with E-state index in [1.165, 1.54) is 33.4 Å². The minimum Gasteiger partial charge on any atom is -0.481 e. The van der Waals surface area contributed by atoms with Crippen molar-refractivity contribution < 1.29 is 19.7 Å². The van der Waals surface area contributed by atoms with Gasteiger partial charge in [-0.05, 0) is 174 Å². The Hall–Kier alpha value is -8.29. The summed E-state index contributed by atoms with van der Waals surface area (Å²) < 4.78 is 11.9. The summed E-state index contributed by atoms with van der Waals surface area (Å²) in [7, 11) is 0. The van der Waals surface area contributed by atoms with E-state index >= 15 is 0 Å². The van der Waals surface area contributed by atoms with Crippen molar-refractivity contribution in [3.05, 3.63) is 262 Å². The minimum absolute atomic E-state index is 0.0461. The zero-order valence-corrected chi connectivity index (χ0v) is 41.4. The second-order valence-electron chi connectivity index (χ2n) is 18.7. The summed E-state index contributed by atoms with van der Waals surface area (Å²) >= 11 is 1.75. The molecule has 2 N–H and O–H groups in total. The van der Waals surface area contributed by atoms with Gasteiger partial charge in [-0.3, -0.25) is 0 Å². The van der Waals surface area contributed by atoms with Gasteiger partial charge in [-0.25, -0.2) is 0 Å². The van der Waals surface area contributed by atoms with Crippen molar-refractivity contribution in [2.24, 2.45) is 0 Å². The van der Waals surface area contributed by atoms with Crippen LogP contribution in [0.4, 0.5) is 0 Å². The Morgan fingerprint density at radius 1 is 0.384 bits per heavy atom. The second-order valence-corrected chi connectivity index (χ2v) is 19.8. The quantitative estimate of drug-likeness (QED) is 0.120. The fraction of sp³-hybridized carbons (Fsp3) is 0.118. The van der Waals surface area contributed by atoms with E-state index in [1.807, 2.05) is 38.1 Å². The highest BCUT2D eigenvalue weighted by Crippen LogP contribution is 2.58. The molecule has 2 unspecified atom stereocenters. The van der Waals surface area contributed by atoms with Crippen molar-refractivity contribution in [1.29, 1.82) is 0 Å². The molecule has 0 fully saturated rings. The zero-order chi connectivity index (χ0) is 49.5. The van der Waals surface area contributed by atoms with Gasteiger partial charge >= 0.3 is 0 Å². The van der Waals surface area contributed by atoms with Gasteiger partial charge in [-0.1, -0.05) is 169 Å². The maximum Gasteiger partial charge on any atom is 0.149 e. The molecular formula is C68H50O4S. The van der Waals surface area contributed by atoms with Crippen LogP contribution in [0.1, 0.15) is 69.5 Å². The largest absolute Gasteiger partial charge is 0.481 e. The molecular weight excluding hydrogens is 913 g/mol. The highest BCUT2D eigenvalue weighted by atomic mass is 32.2. The minimum atomic E-state index is -0.650. The molecule has 10 aromatic rings. The first-order chi connectivity index (χ1) is 36.0. The van der Waals surface area contributed by atoms with Gasteiger partial charge in [0.15, 0.2) is 0 Å². The first-order valence-corrected chi connectivity index (χ1v) is 25.5. The number of rotatable bonds is 12. The number of hydrogen-bond donors (Lipinski definition) is 2. The van der Waals surface area contributed by atoms with Crippen LogP contribution in [0.15, 0.2) is 216 Å². The Kier molecular flexibility index (Phi) is 12.0. The molecule has 2 atom stereocenters. The van der Waals surface area contributed by atoms with Gasteiger partial charge in [0.05, 0.1) is 24.0 Å². The van der Waals surface area contributed by atoms with Gasteiger partial charge < -0.3 is 19.7 Å². The summed E-state index contributed by atoms with van der Waals surface area (Å²) in [6.07, 6.45) is 0. The van der Waals surface area contributed by atoms with Gasteiger partial charge in [0, 0.05) is 9.79 Å². The van der Waals surface area contributed by atoms with Crippen molar-refractivity contribution in [3.63, 3.8) is 0 Å². The monoisotopic (exact) mass is 962 g/mol. The summed E-state index contributed by atoms with van der Waals surface area (Å²) in [4.78, 5) is 2.25. The van der Waals surface area contributed by atoms with Crippen LogP contribution in [-0.4, -0.2) is 23.4 Å². The van der Waals surface area contributed by atoms with E-state index in [1.54, 1.807) is 11.8 Å². The van der Waals surface area contributed by atoms with Crippen molar-refractivity contribution in [1.82, 2.24) is 0 Å². The average Bonchev–Trinajstić information content (AvgIpc) is 3.91. The molecule has 0 aliphatic heterocycles. The Labute approximate surface area is 430 Å². The third-order valence-corrected chi connectivity index (χ3v) is 15.9. The third kappa shape index (κ3) is 7.68. The van der Waals surface area contributed by atoms with Crippen molar-refractivity contribution in [3.8, 4) is 57.4 Å². The molecule has 0 amide bonds. The summed E-state index contributed by atoms with van der Waals surface area (Å²) in [6.45, 7) is 4.24. The van der Waals surface area contributed by atoms with Crippen LogP contribution in [0, 0.1) is 23.7 Å². The molecule has 12 rings (SSSR count). The van der Waals surface area contributed by atoms with Crippen molar-refractivity contribution in [2.45, 2.75) is 47.7 Å². The lowest BCUT2D eigenvalue weighted by molar-refractivity contribution is 0.281. The van der Waals surface area contributed by atoms with Crippen molar-refractivity contribution in [2.75, 3.05) is 13.2 Å². The van der Waals surface area contributed by atoms with E-state index in [0.717, 1.165) is 87.3 Å². The maximum atomic E-state index is 10.5. The molecule has 0 radical (unpaired) electrons. The Morgan fingerprint density at radius 3 is 1.19 bits per heavy atom. The normalized spacial score (nSPS) is 15.8. The molecule has 0 aromatic heterocycles. The molecule has 0 saturated carbocycles. The number of ether oxygens (including phenoxy) is 2. The van der Waals surface area contributed by atoms with Crippen LogP contribution >= 0.6 is 11.8 Å². The number of aliphatic hydroxyl groups is 2. The maximum absolute atomic E-state index is 10.5. The Balaban J connectivity index is 0.935. The lowest BCUT2D eigenvalue weighted by atomic mass is 9.67. The molecule has 0 heterocycles. The highest BCUT2D eigenvalue weighted by Gasteiger charge is 2.48. The van der Waals surface area contributed by atoms with Crippen LogP contribution < -0.4 is 9.47 Å². The summed E-state index contributed by atoms with van der Waals surface area (Å²) in [5.74, 6) is 13.4. The van der Waals surface area contributed by atoms with Gasteiger partial charge in [-0.2, -0.15) is 0 Å². The van der Waals surface area contributed by atoms with Crippen LogP contribution in [0.3, 0.4) is 0 Å². The number of fused-ring (bicyclic) bond motifs is 8. The van der Waals surface area contributed by atoms with Crippen LogP contribution in [0.2, 0.25) is 0 Å². The lowest BCUT2D eigenvalue weighted by Crippen LogP contribution is -2.28. The van der Waals surface area contributed by atoms with Gasteiger partial charge in [0.1, 0.15) is 24.7 Å². The molecule has 4 nitrogen and oxygen atoms in total. The SMILES string of the molecule is CC#CCOc1ccc2cc(C3(c4ccc(Sc5ccc(C6(c7ccc8cc(OCC#CC)ccc8c7)c7ccccc7-c7ccc(CO)cc76)cc5)cc4)c4ccccc4-c4ccc(CO)cc43)ccc2c1. The third-order valence-electron chi connectivity index (χ3n) is 14.9. The van der Waals surface area contributed by atoms with Crippen LogP contribution in [-0.2, 0) is 24.0 Å². The first-order valence-electron chi connectivity index (χ1n) is 24.7. The van der Waals surface area contributed by atoms with E-state index in [2.05, 4.69) is 206 Å².